The lowest BCUT2D eigenvalue weighted by atomic mass is 9.93. The molecule has 4 rings (SSSR count). The van der Waals surface area contributed by atoms with Crippen molar-refractivity contribution in [1.29, 1.82) is 0 Å². The number of ether oxygens (including phenoxy) is 2. The molecule has 0 aliphatic carbocycles. The second kappa shape index (κ2) is 10.4. The predicted molar refractivity (Wildman–Crippen MR) is 130 cm³/mol. The monoisotopic (exact) mass is 515 g/mol. The second-order valence-electron chi connectivity index (χ2n) is 8.74. The fraction of sp³-hybridized carbons (Fsp3) is 0.417. The number of aliphatic hydroxyl groups excluding tert-OH is 1. The third-order valence-electron chi connectivity index (χ3n) is 5.83. The zero-order valence-corrected chi connectivity index (χ0v) is 20.3. The maximum Gasteiger partial charge on any atom is 0.333 e. The van der Waals surface area contributed by atoms with Crippen LogP contribution in [0.2, 0.25) is 5.28 Å². The summed E-state index contributed by atoms with van der Waals surface area (Å²) in [7, 11) is 0. The molecule has 1 aliphatic rings. The van der Waals surface area contributed by atoms with Crippen LogP contribution >= 0.6 is 11.6 Å². The minimum atomic E-state index is -2.17. The van der Waals surface area contributed by atoms with Crippen molar-refractivity contribution in [2.45, 2.75) is 56.5 Å². The van der Waals surface area contributed by atoms with E-state index in [9.17, 15) is 20.1 Å². The third-order valence-corrected chi connectivity index (χ3v) is 6.00. The first kappa shape index (κ1) is 25.8. The first-order valence-corrected chi connectivity index (χ1v) is 11.6. The van der Waals surface area contributed by atoms with E-state index in [1.54, 1.807) is 24.3 Å². The molecule has 1 aromatic carbocycles. The van der Waals surface area contributed by atoms with Crippen molar-refractivity contribution in [3.05, 3.63) is 47.5 Å². The molecule has 190 valence electrons. The minimum Gasteiger partial charge on any atom is -0.479 e. The number of aliphatic carboxylic acids is 1. The number of halogens is 1. The highest BCUT2D eigenvalue weighted by Gasteiger charge is 2.56. The zero-order chi connectivity index (χ0) is 26.0. The van der Waals surface area contributed by atoms with Crippen LogP contribution in [0.3, 0.4) is 0 Å². The summed E-state index contributed by atoms with van der Waals surface area (Å²) in [6.45, 7) is 3.45. The molecule has 12 heteroatoms. The van der Waals surface area contributed by atoms with Crippen molar-refractivity contribution in [1.82, 2.24) is 19.5 Å². The number of benzene rings is 1. The smallest absolute Gasteiger partial charge is 0.333 e. The Morgan fingerprint density at radius 2 is 2.08 bits per heavy atom. The molecule has 0 amide bonds. The van der Waals surface area contributed by atoms with Crippen LogP contribution < -0.4 is 5.32 Å². The van der Waals surface area contributed by atoms with Gasteiger partial charge in [-0.3, -0.25) is 4.57 Å². The van der Waals surface area contributed by atoms with E-state index in [1.807, 2.05) is 19.9 Å². The number of carbonyl (C=O) groups is 1. The number of carboxylic acid groups (broad SMARTS) is 1. The number of hydrogen-bond donors (Lipinski definition) is 4. The minimum absolute atomic E-state index is 0.0313. The van der Waals surface area contributed by atoms with E-state index in [0.29, 0.717) is 11.3 Å². The third kappa shape index (κ3) is 5.00. The van der Waals surface area contributed by atoms with Crippen LogP contribution in [0.15, 0.2) is 36.7 Å². The second-order valence-corrected chi connectivity index (χ2v) is 9.08. The number of hydrogen-bond acceptors (Lipinski definition) is 9. The normalized spacial score (nSPS) is 24.6. The molecule has 36 heavy (non-hydrogen) atoms. The van der Waals surface area contributed by atoms with E-state index in [0.717, 1.165) is 5.56 Å². The molecule has 5 atom stereocenters. The van der Waals surface area contributed by atoms with Gasteiger partial charge in [-0.15, -0.1) is 6.42 Å². The molecule has 0 saturated carbocycles. The summed E-state index contributed by atoms with van der Waals surface area (Å²) in [5.41, 5.74) is -0.792. The maximum absolute atomic E-state index is 11.8. The fourth-order valence-corrected chi connectivity index (χ4v) is 4.18. The zero-order valence-electron chi connectivity index (χ0n) is 19.6. The number of fused-ring (bicyclic) bond motifs is 1. The van der Waals surface area contributed by atoms with Crippen LogP contribution in [0.1, 0.15) is 25.6 Å². The lowest BCUT2D eigenvalue weighted by molar-refractivity contribution is -0.156. The van der Waals surface area contributed by atoms with Gasteiger partial charge in [0.2, 0.25) is 5.28 Å². The van der Waals surface area contributed by atoms with Gasteiger partial charge in [-0.1, -0.05) is 36.3 Å². The van der Waals surface area contributed by atoms with Crippen LogP contribution in [-0.2, 0) is 20.7 Å². The van der Waals surface area contributed by atoms with Crippen LogP contribution in [0.5, 0.6) is 0 Å². The number of aliphatic hydroxyl groups is 2. The molecule has 0 radical (unpaired) electrons. The van der Waals surface area contributed by atoms with Crippen LogP contribution in [0.4, 0.5) is 5.82 Å². The largest absolute Gasteiger partial charge is 0.479 e. The molecule has 1 saturated heterocycles. The van der Waals surface area contributed by atoms with E-state index >= 15 is 0 Å². The Balaban J connectivity index is 1.59. The van der Waals surface area contributed by atoms with Gasteiger partial charge < -0.3 is 30.1 Å². The molecule has 11 nitrogen and oxygen atoms in total. The molecular weight excluding hydrogens is 490 g/mol. The molecule has 0 spiro atoms. The van der Waals surface area contributed by atoms with Gasteiger partial charge in [-0.25, -0.2) is 9.78 Å². The number of nitrogens with one attached hydrogen (secondary N) is 1. The van der Waals surface area contributed by atoms with Gasteiger partial charge in [0, 0.05) is 12.5 Å². The maximum atomic E-state index is 11.8. The Hall–Kier alpha value is -3.27. The van der Waals surface area contributed by atoms with Crippen LogP contribution in [0.25, 0.3) is 11.2 Å². The van der Waals surface area contributed by atoms with E-state index in [2.05, 4.69) is 26.2 Å². The van der Waals surface area contributed by atoms with E-state index in [-0.39, 0.29) is 30.0 Å². The molecule has 1 aliphatic heterocycles. The summed E-state index contributed by atoms with van der Waals surface area (Å²) in [4.78, 5) is 24.5. The number of carboxylic acids is 1. The number of rotatable bonds is 9. The van der Waals surface area contributed by atoms with Crippen molar-refractivity contribution in [3.8, 4) is 12.3 Å². The van der Waals surface area contributed by atoms with Crippen molar-refractivity contribution in [3.63, 3.8) is 0 Å². The average Bonchev–Trinajstić information content (AvgIpc) is 3.36. The highest BCUT2D eigenvalue weighted by molar-refractivity contribution is 6.28. The van der Waals surface area contributed by atoms with Gasteiger partial charge in [0.05, 0.1) is 12.9 Å². The summed E-state index contributed by atoms with van der Waals surface area (Å²) >= 11 is 6.11. The average molecular weight is 516 g/mol. The van der Waals surface area contributed by atoms with Gasteiger partial charge >= 0.3 is 5.97 Å². The lowest BCUT2D eigenvalue weighted by Gasteiger charge is -2.26. The first-order chi connectivity index (χ1) is 17.1. The summed E-state index contributed by atoms with van der Waals surface area (Å²) in [6, 6.07) is 8.99. The van der Waals surface area contributed by atoms with Crippen molar-refractivity contribution < 1.29 is 29.6 Å². The SMILES string of the molecule is C#C[C@@]1(O)[C@@H](COC(Cc2ccccc2)C(=O)O)O[C@@H](n2cnc3c(NC(C)C)nc(Cl)nc32)[C@@H]1O. The Labute approximate surface area is 212 Å². The standard InChI is InChI=1S/C24H26ClN5O6/c1-4-24(34)16(11-35-15(22(32)33)10-14-8-6-5-7-9-14)36-21(18(24)31)30-12-26-17-19(27-13(2)3)28-23(25)29-20(17)30/h1,5-9,12-13,15-16,18,21,31,34H,10-11H2,2-3H3,(H,32,33)(H,27,28,29)/t15?,16-,18+,21-,24-/m1/s1. The number of aromatic nitrogens is 4. The Kier molecular flexibility index (Phi) is 7.44. The molecule has 1 fully saturated rings. The molecule has 2 aromatic heterocycles. The fourth-order valence-electron chi connectivity index (χ4n) is 4.02. The summed E-state index contributed by atoms with van der Waals surface area (Å²) in [5, 5.41) is 34.8. The van der Waals surface area contributed by atoms with Gasteiger partial charge in [-0.2, -0.15) is 9.97 Å². The van der Waals surface area contributed by atoms with E-state index < -0.39 is 36.1 Å². The Morgan fingerprint density at radius 1 is 1.36 bits per heavy atom. The topological polar surface area (TPSA) is 152 Å². The van der Waals surface area contributed by atoms with Gasteiger partial charge in [-0.05, 0) is 31.0 Å². The van der Waals surface area contributed by atoms with Crippen LogP contribution in [0, 0.1) is 12.3 Å². The molecule has 1 unspecified atom stereocenters. The van der Waals surface area contributed by atoms with E-state index in [4.69, 9.17) is 27.5 Å². The molecule has 0 bridgehead atoms. The van der Waals surface area contributed by atoms with E-state index in [1.165, 1.54) is 10.9 Å². The van der Waals surface area contributed by atoms with Gasteiger partial charge in [0.25, 0.3) is 0 Å². The summed E-state index contributed by atoms with van der Waals surface area (Å²) < 4.78 is 12.9. The molecule has 4 N–H and O–H groups in total. The number of terminal acetylenes is 1. The first-order valence-electron chi connectivity index (χ1n) is 11.2. The van der Waals surface area contributed by atoms with Gasteiger partial charge in [0.15, 0.2) is 34.9 Å². The highest BCUT2D eigenvalue weighted by Crippen LogP contribution is 2.39. The quantitative estimate of drug-likeness (QED) is 0.244. The molecule has 3 heterocycles. The van der Waals surface area contributed by atoms with Crippen molar-refractivity contribution in [2.75, 3.05) is 11.9 Å². The summed E-state index contributed by atoms with van der Waals surface area (Å²) in [5.74, 6) is 1.39. The van der Waals surface area contributed by atoms with Crippen molar-refractivity contribution in [2.24, 2.45) is 0 Å². The Morgan fingerprint density at radius 3 is 2.72 bits per heavy atom. The van der Waals surface area contributed by atoms with Crippen molar-refractivity contribution >= 4 is 34.6 Å². The number of nitrogens with zero attached hydrogens (tertiary/aromatic N) is 4. The predicted octanol–water partition coefficient (Wildman–Crippen LogP) is 1.64. The highest BCUT2D eigenvalue weighted by atomic mass is 35.5. The Bertz CT molecular complexity index is 1280. The molecule has 3 aromatic rings. The number of anilines is 1. The summed E-state index contributed by atoms with van der Waals surface area (Å²) in [6.07, 6.45) is 1.75. The van der Waals surface area contributed by atoms with Crippen LogP contribution in [-0.4, -0.2) is 77.4 Å². The molecular formula is C24H26ClN5O6. The van der Waals surface area contributed by atoms with Gasteiger partial charge in [0.1, 0.15) is 12.2 Å². The lowest BCUT2D eigenvalue weighted by Crippen LogP contribution is -2.48. The number of imidazole rings is 1.